The summed E-state index contributed by atoms with van der Waals surface area (Å²) in [6.45, 7) is 4.59. The van der Waals surface area contributed by atoms with Crippen LogP contribution in [0.15, 0.2) is 0 Å². The molecule has 2 heteroatoms. The molecule has 0 saturated heterocycles. The first-order chi connectivity index (χ1) is 7.08. The number of rotatable bonds is 1. The van der Waals surface area contributed by atoms with Crippen molar-refractivity contribution in [2.24, 2.45) is 17.3 Å². The number of aliphatic hydroxyl groups excluding tert-OH is 2. The molecule has 2 fully saturated rings. The molecule has 0 aromatic rings. The van der Waals surface area contributed by atoms with Crippen LogP contribution < -0.4 is 0 Å². The Morgan fingerprint density at radius 2 is 1.93 bits per heavy atom. The molecule has 0 spiro atoms. The Balaban J connectivity index is 2.20. The first kappa shape index (κ1) is 11.4. The van der Waals surface area contributed by atoms with Crippen molar-refractivity contribution < 1.29 is 10.2 Å². The van der Waals surface area contributed by atoms with Gasteiger partial charge >= 0.3 is 0 Å². The van der Waals surface area contributed by atoms with E-state index in [0.717, 1.165) is 31.6 Å². The standard InChI is InChI=1S/C13H24O2/c1-3-9-4-5-12(15)11-8-10(14)6-7-13(9,11)2/h9-12,14-15H,3-8H2,1-2H3. The fourth-order valence-corrected chi connectivity index (χ4v) is 4.02. The van der Waals surface area contributed by atoms with Crippen molar-refractivity contribution in [1.82, 2.24) is 0 Å². The Morgan fingerprint density at radius 3 is 2.60 bits per heavy atom. The zero-order valence-electron chi connectivity index (χ0n) is 9.95. The summed E-state index contributed by atoms with van der Waals surface area (Å²) in [4.78, 5) is 0. The molecule has 2 N–H and O–H groups in total. The molecule has 0 aromatic heterocycles. The lowest BCUT2D eigenvalue weighted by Gasteiger charge is -2.53. The molecule has 2 saturated carbocycles. The second-order valence-corrected chi connectivity index (χ2v) is 5.79. The van der Waals surface area contributed by atoms with Gasteiger partial charge in [-0.15, -0.1) is 0 Å². The average Bonchev–Trinajstić information content (AvgIpc) is 2.21. The van der Waals surface area contributed by atoms with Crippen molar-refractivity contribution in [3.8, 4) is 0 Å². The number of aliphatic hydroxyl groups is 2. The van der Waals surface area contributed by atoms with Crippen LogP contribution >= 0.6 is 0 Å². The quantitative estimate of drug-likeness (QED) is 0.700. The lowest BCUT2D eigenvalue weighted by atomic mass is 9.53. The largest absolute Gasteiger partial charge is 0.393 e. The molecule has 0 aromatic carbocycles. The van der Waals surface area contributed by atoms with Crippen LogP contribution in [0.3, 0.4) is 0 Å². The number of hydrogen-bond donors (Lipinski definition) is 2. The molecular weight excluding hydrogens is 188 g/mol. The Morgan fingerprint density at radius 1 is 1.20 bits per heavy atom. The number of fused-ring (bicyclic) bond motifs is 1. The molecule has 0 aliphatic heterocycles. The van der Waals surface area contributed by atoms with Gasteiger partial charge in [-0.25, -0.2) is 0 Å². The lowest BCUT2D eigenvalue weighted by Crippen LogP contribution is -2.50. The predicted octanol–water partition coefficient (Wildman–Crippen LogP) is 2.33. The molecule has 2 nitrogen and oxygen atoms in total. The van der Waals surface area contributed by atoms with Gasteiger partial charge in [0.15, 0.2) is 0 Å². The van der Waals surface area contributed by atoms with Gasteiger partial charge in [0, 0.05) is 0 Å². The third-order valence-electron chi connectivity index (χ3n) is 5.09. The third-order valence-corrected chi connectivity index (χ3v) is 5.09. The second-order valence-electron chi connectivity index (χ2n) is 5.79. The Kier molecular flexibility index (Phi) is 3.09. The first-order valence-electron chi connectivity index (χ1n) is 6.44. The summed E-state index contributed by atoms with van der Waals surface area (Å²) in [6, 6.07) is 0. The van der Waals surface area contributed by atoms with Gasteiger partial charge in [-0.1, -0.05) is 20.3 Å². The van der Waals surface area contributed by atoms with Crippen molar-refractivity contribution in [2.75, 3.05) is 0 Å². The molecule has 0 amide bonds. The van der Waals surface area contributed by atoms with Crippen LogP contribution in [-0.4, -0.2) is 22.4 Å². The van der Waals surface area contributed by atoms with Crippen molar-refractivity contribution in [1.29, 1.82) is 0 Å². The van der Waals surface area contributed by atoms with E-state index in [4.69, 9.17) is 0 Å². The van der Waals surface area contributed by atoms with E-state index in [1.807, 2.05) is 0 Å². The molecule has 5 atom stereocenters. The minimum atomic E-state index is -0.173. The van der Waals surface area contributed by atoms with Gasteiger partial charge in [0.25, 0.3) is 0 Å². The van der Waals surface area contributed by atoms with Gasteiger partial charge < -0.3 is 10.2 Å². The van der Waals surface area contributed by atoms with Crippen LogP contribution in [0.4, 0.5) is 0 Å². The van der Waals surface area contributed by atoms with Crippen molar-refractivity contribution >= 4 is 0 Å². The summed E-state index contributed by atoms with van der Waals surface area (Å²) in [5.74, 6) is 1.08. The van der Waals surface area contributed by atoms with Gasteiger partial charge in [-0.2, -0.15) is 0 Å². The zero-order valence-corrected chi connectivity index (χ0v) is 9.95. The summed E-state index contributed by atoms with van der Waals surface area (Å²) in [7, 11) is 0. The molecule has 88 valence electrons. The normalized spacial score (nSPS) is 51.2. The van der Waals surface area contributed by atoms with Crippen LogP contribution in [0.2, 0.25) is 0 Å². The molecule has 0 heterocycles. The van der Waals surface area contributed by atoms with Crippen LogP contribution in [0.25, 0.3) is 0 Å². The van der Waals surface area contributed by atoms with Crippen molar-refractivity contribution in [3.05, 3.63) is 0 Å². The van der Waals surface area contributed by atoms with E-state index >= 15 is 0 Å². The van der Waals surface area contributed by atoms with Gasteiger partial charge in [-0.05, 0) is 49.4 Å². The zero-order chi connectivity index (χ0) is 11.1. The van der Waals surface area contributed by atoms with Gasteiger partial charge in [0.1, 0.15) is 0 Å². The van der Waals surface area contributed by atoms with E-state index in [1.165, 1.54) is 12.8 Å². The predicted molar refractivity (Wildman–Crippen MR) is 60.5 cm³/mol. The monoisotopic (exact) mass is 212 g/mol. The fraction of sp³-hybridized carbons (Fsp3) is 1.00. The van der Waals surface area contributed by atoms with E-state index in [-0.39, 0.29) is 17.6 Å². The molecule has 0 radical (unpaired) electrons. The van der Waals surface area contributed by atoms with Crippen LogP contribution in [-0.2, 0) is 0 Å². The molecule has 5 unspecified atom stereocenters. The van der Waals surface area contributed by atoms with E-state index in [0.29, 0.717) is 5.92 Å². The maximum Gasteiger partial charge on any atom is 0.0574 e. The SMILES string of the molecule is CCC1CCC(O)C2CC(O)CCC12C. The Bertz CT molecular complexity index is 229. The van der Waals surface area contributed by atoms with Gasteiger partial charge in [0.2, 0.25) is 0 Å². The van der Waals surface area contributed by atoms with E-state index in [2.05, 4.69) is 13.8 Å². The lowest BCUT2D eigenvalue weighted by molar-refractivity contribution is -0.109. The summed E-state index contributed by atoms with van der Waals surface area (Å²) in [6.07, 6.45) is 5.81. The van der Waals surface area contributed by atoms with Gasteiger partial charge in [-0.3, -0.25) is 0 Å². The molecule has 2 aliphatic carbocycles. The van der Waals surface area contributed by atoms with Crippen LogP contribution in [0.5, 0.6) is 0 Å². The molecule has 2 rings (SSSR count). The molecule has 2 aliphatic rings. The summed E-state index contributed by atoms with van der Waals surface area (Å²) in [5.41, 5.74) is 0.283. The van der Waals surface area contributed by atoms with Crippen molar-refractivity contribution in [3.63, 3.8) is 0 Å². The summed E-state index contributed by atoms with van der Waals surface area (Å²) in [5, 5.41) is 19.8. The summed E-state index contributed by atoms with van der Waals surface area (Å²) >= 11 is 0. The molecule has 0 bridgehead atoms. The average molecular weight is 212 g/mol. The van der Waals surface area contributed by atoms with Crippen LogP contribution in [0.1, 0.15) is 52.4 Å². The van der Waals surface area contributed by atoms with E-state index in [9.17, 15) is 10.2 Å². The minimum Gasteiger partial charge on any atom is -0.393 e. The maximum atomic E-state index is 10.1. The highest BCUT2D eigenvalue weighted by atomic mass is 16.3. The highest BCUT2D eigenvalue weighted by molar-refractivity contribution is 4.99. The van der Waals surface area contributed by atoms with E-state index < -0.39 is 0 Å². The minimum absolute atomic E-state index is 0.173. The van der Waals surface area contributed by atoms with Crippen LogP contribution in [0, 0.1) is 17.3 Å². The smallest absolute Gasteiger partial charge is 0.0574 e. The molecular formula is C13H24O2. The maximum absolute atomic E-state index is 10.1. The van der Waals surface area contributed by atoms with Gasteiger partial charge in [0.05, 0.1) is 12.2 Å². The highest BCUT2D eigenvalue weighted by Gasteiger charge is 2.49. The Hall–Kier alpha value is -0.0800. The highest BCUT2D eigenvalue weighted by Crippen LogP contribution is 2.54. The number of hydrogen-bond acceptors (Lipinski definition) is 2. The fourth-order valence-electron chi connectivity index (χ4n) is 4.02. The van der Waals surface area contributed by atoms with E-state index in [1.54, 1.807) is 0 Å². The third kappa shape index (κ3) is 1.83. The Labute approximate surface area is 92.7 Å². The molecule has 15 heavy (non-hydrogen) atoms. The topological polar surface area (TPSA) is 40.5 Å². The van der Waals surface area contributed by atoms with Crippen molar-refractivity contribution in [2.45, 2.75) is 64.6 Å². The summed E-state index contributed by atoms with van der Waals surface area (Å²) < 4.78 is 0. The second kappa shape index (κ2) is 4.06. The first-order valence-corrected chi connectivity index (χ1v) is 6.44.